The zero-order valence-electron chi connectivity index (χ0n) is 10.5. The molecule has 0 radical (unpaired) electrons. The van der Waals surface area contributed by atoms with E-state index in [-0.39, 0.29) is 5.78 Å². The molecule has 0 unspecified atom stereocenters. The molecule has 0 saturated heterocycles. The summed E-state index contributed by atoms with van der Waals surface area (Å²) in [6.07, 6.45) is 0.482. The van der Waals surface area contributed by atoms with Crippen LogP contribution in [0, 0.1) is 0 Å². The van der Waals surface area contributed by atoms with Crippen LogP contribution in [0.25, 0.3) is 5.57 Å². The van der Waals surface area contributed by atoms with Gasteiger partial charge in [-0.15, -0.1) is 0 Å². The molecule has 1 heteroatoms. The second-order valence-corrected chi connectivity index (χ2v) is 4.42. The molecule has 0 atom stereocenters. The SMILES string of the molecule is C=C(c1ccccc1)c1cccc(CC(C)=O)c1. The molecule has 0 spiro atoms. The number of carbonyl (C=O) groups excluding carboxylic acids is 1. The van der Waals surface area contributed by atoms with Gasteiger partial charge in [-0.1, -0.05) is 61.2 Å². The molecular formula is C17H16O. The van der Waals surface area contributed by atoms with E-state index >= 15 is 0 Å². The molecule has 0 amide bonds. The van der Waals surface area contributed by atoms with Crippen LogP contribution < -0.4 is 0 Å². The van der Waals surface area contributed by atoms with Gasteiger partial charge in [0.2, 0.25) is 0 Å². The fourth-order valence-electron chi connectivity index (χ4n) is 1.96. The molecule has 0 N–H and O–H groups in total. The highest BCUT2D eigenvalue weighted by atomic mass is 16.1. The molecule has 0 bridgehead atoms. The highest BCUT2D eigenvalue weighted by Gasteiger charge is 2.04. The standard InChI is InChI=1S/C17H16O/c1-13(18)11-15-7-6-10-17(12-15)14(2)16-8-4-3-5-9-16/h3-10,12H,2,11H2,1H3. The topological polar surface area (TPSA) is 17.1 Å². The molecule has 2 aromatic rings. The van der Waals surface area contributed by atoms with E-state index in [0.29, 0.717) is 6.42 Å². The predicted octanol–water partition coefficient (Wildman–Crippen LogP) is 3.88. The van der Waals surface area contributed by atoms with Gasteiger partial charge in [-0.05, 0) is 29.2 Å². The first kappa shape index (κ1) is 12.3. The van der Waals surface area contributed by atoms with Gasteiger partial charge in [-0.2, -0.15) is 0 Å². The average Bonchev–Trinajstić information content (AvgIpc) is 2.38. The third-order valence-corrected chi connectivity index (χ3v) is 2.85. The molecule has 2 aromatic carbocycles. The van der Waals surface area contributed by atoms with Crippen molar-refractivity contribution in [2.75, 3.05) is 0 Å². The Morgan fingerprint density at radius 2 is 1.67 bits per heavy atom. The minimum Gasteiger partial charge on any atom is -0.300 e. The van der Waals surface area contributed by atoms with E-state index in [1.54, 1.807) is 6.92 Å². The monoisotopic (exact) mass is 236 g/mol. The Balaban J connectivity index is 2.29. The van der Waals surface area contributed by atoms with E-state index in [9.17, 15) is 4.79 Å². The van der Waals surface area contributed by atoms with Crippen LogP contribution in [0.15, 0.2) is 61.2 Å². The molecule has 90 valence electrons. The lowest BCUT2D eigenvalue weighted by atomic mass is 9.97. The summed E-state index contributed by atoms with van der Waals surface area (Å²) in [6, 6.07) is 18.1. The molecular weight excluding hydrogens is 220 g/mol. The molecule has 18 heavy (non-hydrogen) atoms. The normalized spacial score (nSPS) is 10.1. The summed E-state index contributed by atoms with van der Waals surface area (Å²) in [6.45, 7) is 5.74. The molecule has 0 fully saturated rings. The van der Waals surface area contributed by atoms with E-state index in [2.05, 4.69) is 6.58 Å². The van der Waals surface area contributed by atoms with E-state index in [1.807, 2.05) is 54.6 Å². The zero-order chi connectivity index (χ0) is 13.0. The molecule has 1 nitrogen and oxygen atoms in total. The maximum Gasteiger partial charge on any atom is 0.134 e. The summed E-state index contributed by atoms with van der Waals surface area (Å²) >= 11 is 0. The first-order valence-corrected chi connectivity index (χ1v) is 6.00. The van der Waals surface area contributed by atoms with Crippen molar-refractivity contribution in [3.05, 3.63) is 77.9 Å². The Kier molecular flexibility index (Phi) is 3.73. The van der Waals surface area contributed by atoms with E-state index in [4.69, 9.17) is 0 Å². The second-order valence-electron chi connectivity index (χ2n) is 4.42. The Bertz CT molecular complexity index is 567. The van der Waals surface area contributed by atoms with E-state index < -0.39 is 0 Å². The van der Waals surface area contributed by atoms with Crippen molar-refractivity contribution in [2.24, 2.45) is 0 Å². The third-order valence-electron chi connectivity index (χ3n) is 2.85. The first-order valence-electron chi connectivity index (χ1n) is 6.00. The van der Waals surface area contributed by atoms with Crippen molar-refractivity contribution < 1.29 is 4.79 Å². The minimum absolute atomic E-state index is 0.178. The number of hydrogen-bond acceptors (Lipinski definition) is 1. The van der Waals surface area contributed by atoms with Crippen molar-refractivity contribution in [1.82, 2.24) is 0 Å². The van der Waals surface area contributed by atoms with Gasteiger partial charge in [0, 0.05) is 6.42 Å². The Labute approximate surface area is 108 Å². The summed E-state index contributed by atoms with van der Waals surface area (Å²) in [5.74, 6) is 0.178. The maximum atomic E-state index is 11.1. The van der Waals surface area contributed by atoms with Crippen LogP contribution in [-0.4, -0.2) is 5.78 Å². The molecule has 2 rings (SSSR count). The number of hydrogen-bond donors (Lipinski definition) is 0. The van der Waals surface area contributed by atoms with Crippen molar-refractivity contribution in [2.45, 2.75) is 13.3 Å². The quantitative estimate of drug-likeness (QED) is 0.787. The molecule has 0 saturated carbocycles. The summed E-state index contributed by atoms with van der Waals surface area (Å²) < 4.78 is 0. The predicted molar refractivity (Wildman–Crippen MR) is 75.4 cm³/mol. The highest BCUT2D eigenvalue weighted by molar-refractivity contribution is 5.81. The summed E-state index contributed by atoms with van der Waals surface area (Å²) in [5, 5.41) is 0. The van der Waals surface area contributed by atoms with Gasteiger partial charge in [0.1, 0.15) is 5.78 Å². The van der Waals surface area contributed by atoms with Crippen molar-refractivity contribution in [1.29, 1.82) is 0 Å². The smallest absolute Gasteiger partial charge is 0.134 e. The van der Waals surface area contributed by atoms with Gasteiger partial charge in [-0.3, -0.25) is 4.79 Å². The zero-order valence-corrected chi connectivity index (χ0v) is 10.5. The van der Waals surface area contributed by atoms with Gasteiger partial charge in [0.05, 0.1) is 0 Å². The van der Waals surface area contributed by atoms with Crippen LogP contribution in [0.4, 0.5) is 0 Å². The number of carbonyl (C=O) groups is 1. The van der Waals surface area contributed by atoms with Crippen LogP contribution in [0.5, 0.6) is 0 Å². The van der Waals surface area contributed by atoms with E-state index in [0.717, 1.165) is 22.3 Å². The van der Waals surface area contributed by atoms with Crippen molar-refractivity contribution >= 4 is 11.4 Å². The average molecular weight is 236 g/mol. The minimum atomic E-state index is 0.178. The van der Waals surface area contributed by atoms with Crippen LogP contribution >= 0.6 is 0 Å². The molecule has 0 aliphatic heterocycles. The number of rotatable bonds is 4. The van der Waals surface area contributed by atoms with E-state index in [1.165, 1.54) is 0 Å². The summed E-state index contributed by atoms with van der Waals surface area (Å²) in [5.41, 5.74) is 4.20. The molecule has 0 aliphatic rings. The van der Waals surface area contributed by atoms with Crippen molar-refractivity contribution in [3.8, 4) is 0 Å². The van der Waals surface area contributed by atoms with Crippen LogP contribution in [0.1, 0.15) is 23.6 Å². The first-order chi connectivity index (χ1) is 8.66. The van der Waals surface area contributed by atoms with Crippen LogP contribution in [0.3, 0.4) is 0 Å². The van der Waals surface area contributed by atoms with Crippen LogP contribution in [0.2, 0.25) is 0 Å². The summed E-state index contributed by atoms with van der Waals surface area (Å²) in [7, 11) is 0. The summed E-state index contributed by atoms with van der Waals surface area (Å²) in [4.78, 5) is 11.1. The fraction of sp³-hybridized carbons (Fsp3) is 0.118. The van der Waals surface area contributed by atoms with Gasteiger partial charge in [0.25, 0.3) is 0 Å². The van der Waals surface area contributed by atoms with Crippen LogP contribution in [-0.2, 0) is 11.2 Å². The Morgan fingerprint density at radius 3 is 2.33 bits per heavy atom. The molecule has 0 aromatic heterocycles. The van der Waals surface area contributed by atoms with Gasteiger partial charge >= 0.3 is 0 Å². The number of ketones is 1. The second kappa shape index (κ2) is 5.46. The number of Topliss-reactive ketones (excluding diaryl/α,β-unsaturated/α-hetero) is 1. The van der Waals surface area contributed by atoms with Gasteiger partial charge in [0.15, 0.2) is 0 Å². The third kappa shape index (κ3) is 2.95. The fourth-order valence-corrected chi connectivity index (χ4v) is 1.96. The van der Waals surface area contributed by atoms with Crippen molar-refractivity contribution in [3.63, 3.8) is 0 Å². The number of benzene rings is 2. The molecule has 0 aliphatic carbocycles. The Morgan fingerprint density at radius 1 is 1.00 bits per heavy atom. The lowest BCUT2D eigenvalue weighted by Crippen LogP contribution is -1.97. The molecule has 0 heterocycles. The Hall–Kier alpha value is -2.15. The highest BCUT2D eigenvalue weighted by Crippen LogP contribution is 2.22. The lowest BCUT2D eigenvalue weighted by molar-refractivity contribution is -0.116. The van der Waals surface area contributed by atoms with Gasteiger partial charge < -0.3 is 0 Å². The largest absolute Gasteiger partial charge is 0.300 e. The lowest BCUT2D eigenvalue weighted by Gasteiger charge is -2.08. The van der Waals surface area contributed by atoms with Gasteiger partial charge in [-0.25, -0.2) is 0 Å². The maximum absolute atomic E-state index is 11.1.